The average molecular weight is 208 g/mol. The Morgan fingerprint density at radius 3 is 2.00 bits per heavy atom. The maximum Gasteiger partial charge on any atom is 0.331 e. The van der Waals surface area contributed by atoms with Gasteiger partial charge in [-0.05, 0) is 12.8 Å². The Morgan fingerprint density at radius 1 is 1.23 bits per heavy atom. The van der Waals surface area contributed by atoms with Crippen LogP contribution >= 0.6 is 0 Å². The van der Waals surface area contributed by atoms with Gasteiger partial charge in [0.1, 0.15) is 0 Å². The molecule has 5 heteroatoms. The zero-order chi connectivity index (χ0) is 10.1. The van der Waals surface area contributed by atoms with Gasteiger partial charge in [0.25, 0.3) is 0 Å². The van der Waals surface area contributed by atoms with Gasteiger partial charge < -0.3 is 8.85 Å². The summed E-state index contributed by atoms with van der Waals surface area (Å²) in [5.41, 5.74) is 0. The molecule has 0 atom stereocenters. The molecule has 0 rings (SSSR count). The van der Waals surface area contributed by atoms with Crippen LogP contribution in [0.25, 0.3) is 0 Å². The molecule has 0 aliphatic rings. The first-order chi connectivity index (χ1) is 6.20. The second-order valence-corrected chi connectivity index (χ2v) is 4.66. The van der Waals surface area contributed by atoms with Crippen molar-refractivity contribution in [3.63, 3.8) is 0 Å². The average Bonchev–Trinajstić information content (AvgIpc) is 2.09. The van der Waals surface area contributed by atoms with Gasteiger partial charge in [-0.2, -0.15) is 4.39 Å². The molecule has 0 aliphatic carbocycles. The smallest absolute Gasteiger partial charge is 0.331 e. The van der Waals surface area contributed by atoms with Crippen molar-refractivity contribution in [2.45, 2.75) is 32.7 Å². The zero-order valence-electron chi connectivity index (χ0n) is 8.22. The standard InChI is InChI=1S/C8H17FO3Si/c1-3-5-11-13(7-8(9)10)12-6-4-2/h13H,3-7H2,1-2H3. The summed E-state index contributed by atoms with van der Waals surface area (Å²) in [5.74, 6) is 0. The van der Waals surface area contributed by atoms with Gasteiger partial charge in [-0.15, -0.1) is 0 Å². The number of rotatable bonds is 8. The first-order valence-electron chi connectivity index (χ1n) is 4.62. The molecule has 3 nitrogen and oxygen atoms in total. The number of hydrogen-bond acceptors (Lipinski definition) is 3. The summed E-state index contributed by atoms with van der Waals surface area (Å²) >= 11 is 0. The van der Waals surface area contributed by atoms with Crippen molar-refractivity contribution in [3.05, 3.63) is 0 Å². The molecule has 0 spiro atoms. The van der Waals surface area contributed by atoms with Crippen LogP contribution in [0.15, 0.2) is 0 Å². The monoisotopic (exact) mass is 208 g/mol. The lowest BCUT2D eigenvalue weighted by molar-refractivity contribution is -0.127. The summed E-state index contributed by atoms with van der Waals surface area (Å²) in [6.07, 6.45) is 1.72. The van der Waals surface area contributed by atoms with E-state index in [1.165, 1.54) is 0 Å². The van der Waals surface area contributed by atoms with Gasteiger partial charge in [0.15, 0.2) is 0 Å². The molecule has 78 valence electrons. The molecule has 0 amide bonds. The predicted molar refractivity (Wildman–Crippen MR) is 50.6 cm³/mol. The molecule has 0 saturated carbocycles. The van der Waals surface area contributed by atoms with Crippen LogP contribution < -0.4 is 0 Å². The van der Waals surface area contributed by atoms with E-state index >= 15 is 0 Å². The Kier molecular flexibility index (Phi) is 8.17. The summed E-state index contributed by atoms with van der Waals surface area (Å²) in [4.78, 5) is 10.2. The van der Waals surface area contributed by atoms with Crippen molar-refractivity contribution in [1.29, 1.82) is 0 Å². The fraction of sp³-hybridized carbons (Fsp3) is 0.875. The minimum atomic E-state index is -2.05. The van der Waals surface area contributed by atoms with E-state index in [0.717, 1.165) is 12.8 Å². The highest BCUT2D eigenvalue weighted by Crippen LogP contribution is 2.01. The van der Waals surface area contributed by atoms with Crippen LogP contribution in [0.2, 0.25) is 6.04 Å². The molecule has 0 aromatic rings. The molecule has 0 N–H and O–H groups in total. The van der Waals surface area contributed by atoms with Crippen LogP contribution in [-0.4, -0.2) is 28.5 Å². The second-order valence-electron chi connectivity index (χ2n) is 2.73. The number of hydrogen-bond donors (Lipinski definition) is 0. The first-order valence-corrected chi connectivity index (χ1v) is 6.38. The van der Waals surface area contributed by atoms with Gasteiger partial charge in [-0.3, -0.25) is 4.79 Å². The van der Waals surface area contributed by atoms with Gasteiger partial charge in [-0.25, -0.2) is 0 Å². The van der Waals surface area contributed by atoms with Crippen LogP contribution in [0.5, 0.6) is 0 Å². The third kappa shape index (κ3) is 8.08. The molecule has 0 heterocycles. The predicted octanol–water partition coefficient (Wildman–Crippen LogP) is 1.56. The third-order valence-electron chi connectivity index (χ3n) is 1.34. The van der Waals surface area contributed by atoms with Crippen LogP contribution in [0.1, 0.15) is 26.7 Å². The Bertz CT molecular complexity index is 135. The van der Waals surface area contributed by atoms with E-state index in [1.807, 2.05) is 13.8 Å². The quantitative estimate of drug-likeness (QED) is 0.448. The SMILES string of the molecule is CCCO[SiH](CC(=O)F)OCCC. The summed E-state index contributed by atoms with van der Waals surface area (Å²) in [6, 6.07) is -1.50. The lowest BCUT2D eigenvalue weighted by Gasteiger charge is -2.13. The van der Waals surface area contributed by atoms with E-state index in [1.54, 1.807) is 0 Å². The molecule has 0 aromatic heterocycles. The zero-order valence-corrected chi connectivity index (χ0v) is 9.37. The first kappa shape index (κ1) is 12.7. The minimum Gasteiger partial charge on any atom is -0.396 e. The van der Waals surface area contributed by atoms with Gasteiger partial charge in [-0.1, -0.05) is 13.8 Å². The van der Waals surface area contributed by atoms with Crippen molar-refractivity contribution >= 4 is 15.3 Å². The molecule has 0 saturated heterocycles. The van der Waals surface area contributed by atoms with Crippen LogP contribution in [0, 0.1) is 0 Å². The van der Waals surface area contributed by atoms with Gasteiger partial charge in [0.05, 0.1) is 6.04 Å². The van der Waals surface area contributed by atoms with Crippen molar-refractivity contribution in [1.82, 2.24) is 0 Å². The van der Waals surface area contributed by atoms with E-state index in [4.69, 9.17) is 8.85 Å². The molecule has 0 aromatic carbocycles. The van der Waals surface area contributed by atoms with E-state index in [2.05, 4.69) is 0 Å². The van der Waals surface area contributed by atoms with E-state index < -0.39 is 15.3 Å². The molecular weight excluding hydrogens is 191 g/mol. The van der Waals surface area contributed by atoms with E-state index in [9.17, 15) is 9.18 Å². The molecule has 0 aliphatic heterocycles. The normalized spacial score (nSPS) is 10.8. The van der Waals surface area contributed by atoms with Gasteiger partial charge in [0, 0.05) is 13.2 Å². The summed E-state index contributed by atoms with van der Waals surface area (Å²) in [5, 5.41) is 0. The maximum absolute atomic E-state index is 12.0. The Hall–Kier alpha value is -0.263. The lowest BCUT2D eigenvalue weighted by Crippen LogP contribution is -2.25. The summed E-state index contributed by atoms with van der Waals surface area (Å²) in [6.45, 7) is 5.02. The Morgan fingerprint density at radius 2 is 1.69 bits per heavy atom. The second kappa shape index (κ2) is 8.34. The molecule has 0 unspecified atom stereocenters. The van der Waals surface area contributed by atoms with Crippen molar-refractivity contribution in [3.8, 4) is 0 Å². The molecule has 0 radical (unpaired) electrons. The minimum absolute atomic E-state index is 0.167. The molecule has 13 heavy (non-hydrogen) atoms. The van der Waals surface area contributed by atoms with E-state index in [0.29, 0.717) is 13.2 Å². The molecule has 0 fully saturated rings. The van der Waals surface area contributed by atoms with Crippen LogP contribution in [0.3, 0.4) is 0 Å². The van der Waals surface area contributed by atoms with Crippen molar-refractivity contribution < 1.29 is 18.0 Å². The fourth-order valence-corrected chi connectivity index (χ4v) is 2.39. The molecule has 0 bridgehead atoms. The van der Waals surface area contributed by atoms with Crippen molar-refractivity contribution in [2.24, 2.45) is 0 Å². The van der Waals surface area contributed by atoms with Crippen LogP contribution in [-0.2, 0) is 13.6 Å². The third-order valence-corrected chi connectivity index (χ3v) is 3.21. The topological polar surface area (TPSA) is 35.5 Å². The fourth-order valence-electron chi connectivity index (χ4n) is 0.796. The number of carbonyl (C=O) groups is 1. The number of carbonyl (C=O) groups excluding carboxylic acids is 1. The maximum atomic E-state index is 12.0. The Balaban J connectivity index is 3.66. The largest absolute Gasteiger partial charge is 0.396 e. The number of halogens is 1. The van der Waals surface area contributed by atoms with Gasteiger partial charge in [0.2, 0.25) is 0 Å². The highest BCUT2D eigenvalue weighted by atomic mass is 28.3. The van der Waals surface area contributed by atoms with Crippen LogP contribution in [0.4, 0.5) is 4.39 Å². The summed E-state index contributed by atoms with van der Waals surface area (Å²) < 4.78 is 22.6. The van der Waals surface area contributed by atoms with Gasteiger partial charge >= 0.3 is 15.3 Å². The highest BCUT2D eigenvalue weighted by molar-refractivity contribution is 6.48. The van der Waals surface area contributed by atoms with Crippen molar-refractivity contribution in [2.75, 3.05) is 13.2 Å². The Labute approximate surface area is 80.1 Å². The highest BCUT2D eigenvalue weighted by Gasteiger charge is 2.17. The van der Waals surface area contributed by atoms with E-state index in [-0.39, 0.29) is 6.04 Å². The summed E-state index contributed by atoms with van der Waals surface area (Å²) in [7, 11) is -2.05. The lowest BCUT2D eigenvalue weighted by atomic mass is 10.5. The molecular formula is C8H17FO3Si.